The lowest BCUT2D eigenvalue weighted by Crippen LogP contribution is -2.48. The van der Waals surface area contributed by atoms with Crippen molar-refractivity contribution in [2.45, 2.75) is 51.7 Å². The van der Waals surface area contributed by atoms with Gasteiger partial charge in [-0.3, -0.25) is 0 Å². The summed E-state index contributed by atoms with van der Waals surface area (Å²) >= 11 is 0. The molecule has 0 unspecified atom stereocenters. The molecule has 5 nitrogen and oxygen atoms in total. The number of nitrogens with zero attached hydrogens (tertiary/aromatic N) is 1. The molecule has 2 atom stereocenters. The smallest absolute Gasteiger partial charge is 0.246 e. The molecule has 1 saturated heterocycles. The van der Waals surface area contributed by atoms with Crippen LogP contribution >= 0.6 is 0 Å². The largest absolute Gasteiger partial charge is 0.492 e. The molecule has 22 heavy (non-hydrogen) atoms. The summed E-state index contributed by atoms with van der Waals surface area (Å²) < 4.78 is 38.8. The fourth-order valence-electron chi connectivity index (χ4n) is 2.70. The molecule has 0 amide bonds. The highest BCUT2D eigenvalue weighted by Crippen LogP contribution is 2.31. The minimum atomic E-state index is -3.59. The van der Waals surface area contributed by atoms with Crippen LogP contribution in [-0.2, 0) is 14.8 Å². The first-order valence-corrected chi connectivity index (χ1v) is 9.09. The molecule has 124 valence electrons. The van der Waals surface area contributed by atoms with Crippen molar-refractivity contribution in [3.05, 3.63) is 23.3 Å². The highest BCUT2D eigenvalue weighted by atomic mass is 32.2. The van der Waals surface area contributed by atoms with Gasteiger partial charge in [0, 0.05) is 13.1 Å². The van der Waals surface area contributed by atoms with E-state index in [1.165, 1.54) is 4.31 Å². The van der Waals surface area contributed by atoms with E-state index in [0.29, 0.717) is 25.4 Å². The monoisotopic (exact) mass is 327 g/mol. The Morgan fingerprint density at radius 3 is 2.27 bits per heavy atom. The Morgan fingerprint density at radius 1 is 1.18 bits per heavy atom. The van der Waals surface area contributed by atoms with E-state index in [9.17, 15) is 8.42 Å². The van der Waals surface area contributed by atoms with Gasteiger partial charge in [-0.05, 0) is 57.9 Å². The van der Waals surface area contributed by atoms with E-state index in [2.05, 4.69) is 0 Å². The summed E-state index contributed by atoms with van der Waals surface area (Å²) in [5.41, 5.74) is 1.96. The predicted octanol–water partition coefficient (Wildman–Crippen LogP) is 2.50. The van der Waals surface area contributed by atoms with Gasteiger partial charge in [-0.1, -0.05) is 0 Å². The van der Waals surface area contributed by atoms with Gasteiger partial charge in [0.05, 0.1) is 18.8 Å². The molecule has 0 saturated carbocycles. The van der Waals surface area contributed by atoms with E-state index >= 15 is 0 Å². The van der Waals surface area contributed by atoms with Crippen molar-refractivity contribution in [3.63, 3.8) is 0 Å². The second-order valence-corrected chi connectivity index (χ2v) is 7.80. The minimum Gasteiger partial charge on any atom is -0.492 e. The summed E-state index contributed by atoms with van der Waals surface area (Å²) in [6.45, 7) is 10.7. The van der Waals surface area contributed by atoms with Gasteiger partial charge >= 0.3 is 0 Å². The average molecular weight is 327 g/mol. The van der Waals surface area contributed by atoms with Crippen LogP contribution in [0.4, 0.5) is 0 Å². The van der Waals surface area contributed by atoms with Gasteiger partial charge in [0.15, 0.2) is 0 Å². The van der Waals surface area contributed by atoms with Crippen LogP contribution in [0, 0.1) is 13.8 Å². The molecule has 0 N–H and O–H groups in total. The van der Waals surface area contributed by atoms with Crippen molar-refractivity contribution < 1.29 is 17.9 Å². The zero-order chi connectivity index (χ0) is 16.5. The molecular formula is C16H25NO4S. The molecule has 0 aromatic heterocycles. The average Bonchev–Trinajstić information content (AvgIpc) is 2.41. The summed E-state index contributed by atoms with van der Waals surface area (Å²) in [6.07, 6.45) is -0.221. The molecule has 0 radical (unpaired) electrons. The molecule has 6 heteroatoms. The van der Waals surface area contributed by atoms with Crippen molar-refractivity contribution in [1.82, 2.24) is 4.31 Å². The first-order valence-electron chi connectivity index (χ1n) is 7.65. The number of aryl methyl sites for hydroxylation is 2. The first kappa shape index (κ1) is 17.2. The van der Waals surface area contributed by atoms with Crippen molar-refractivity contribution in [1.29, 1.82) is 0 Å². The summed E-state index contributed by atoms with van der Waals surface area (Å²) in [7, 11) is -3.59. The van der Waals surface area contributed by atoms with E-state index in [0.717, 1.165) is 11.1 Å². The second-order valence-electron chi connectivity index (χ2n) is 5.90. The SMILES string of the molecule is CCOc1cc(C)c(C)cc1S(=O)(=O)N1C[C@H](C)O[C@@H](C)C1. The summed E-state index contributed by atoms with van der Waals surface area (Å²) in [6, 6.07) is 3.51. The van der Waals surface area contributed by atoms with E-state index in [4.69, 9.17) is 9.47 Å². The third-order valence-electron chi connectivity index (χ3n) is 3.86. The maximum absolute atomic E-state index is 13.0. The molecule has 1 aromatic rings. The summed E-state index contributed by atoms with van der Waals surface area (Å²) in [5.74, 6) is 0.428. The third kappa shape index (κ3) is 3.45. The summed E-state index contributed by atoms with van der Waals surface area (Å²) in [5, 5.41) is 0. The molecular weight excluding hydrogens is 302 g/mol. The van der Waals surface area contributed by atoms with Crippen molar-refractivity contribution in [2.24, 2.45) is 0 Å². The minimum absolute atomic E-state index is 0.111. The van der Waals surface area contributed by atoms with E-state index < -0.39 is 10.0 Å². The maximum Gasteiger partial charge on any atom is 0.246 e. The lowest BCUT2D eigenvalue weighted by Gasteiger charge is -2.34. The van der Waals surface area contributed by atoms with Gasteiger partial charge in [0.2, 0.25) is 10.0 Å². The molecule has 0 bridgehead atoms. The van der Waals surface area contributed by atoms with Crippen molar-refractivity contribution in [3.8, 4) is 5.75 Å². The lowest BCUT2D eigenvalue weighted by molar-refractivity contribution is -0.0441. The number of ether oxygens (including phenoxy) is 2. The zero-order valence-corrected chi connectivity index (χ0v) is 14.7. The number of rotatable bonds is 4. The van der Waals surface area contributed by atoms with Crippen LogP contribution in [0.2, 0.25) is 0 Å². The van der Waals surface area contributed by atoms with Crippen LogP contribution < -0.4 is 4.74 Å². The zero-order valence-electron chi connectivity index (χ0n) is 13.9. The highest BCUT2D eigenvalue weighted by Gasteiger charge is 2.34. The Kier molecular flexibility index (Phi) is 5.14. The van der Waals surface area contributed by atoms with Crippen molar-refractivity contribution in [2.75, 3.05) is 19.7 Å². The Bertz CT molecular complexity index is 632. The van der Waals surface area contributed by atoms with Crippen LogP contribution in [-0.4, -0.2) is 44.6 Å². The van der Waals surface area contributed by atoms with Crippen molar-refractivity contribution >= 4 is 10.0 Å². The Hall–Kier alpha value is -1.11. The van der Waals surface area contributed by atoms with Gasteiger partial charge in [0.1, 0.15) is 10.6 Å². The molecule has 2 rings (SSSR count). The van der Waals surface area contributed by atoms with Gasteiger partial charge in [-0.15, -0.1) is 0 Å². The predicted molar refractivity (Wildman–Crippen MR) is 85.9 cm³/mol. The number of morpholine rings is 1. The summed E-state index contributed by atoms with van der Waals surface area (Å²) in [4.78, 5) is 0.249. The first-order chi connectivity index (χ1) is 10.3. The molecule has 1 aromatic carbocycles. The number of sulfonamides is 1. The van der Waals surface area contributed by atoms with E-state index in [-0.39, 0.29) is 17.1 Å². The van der Waals surface area contributed by atoms with Crippen LogP contribution in [0.25, 0.3) is 0 Å². The van der Waals surface area contributed by atoms with Crippen LogP contribution in [0.1, 0.15) is 31.9 Å². The number of hydrogen-bond donors (Lipinski definition) is 0. The quantitative estimate of drug-likeness (QED) is 0.852. The Balaban J connectivity index is 2.46. The maximum atomic E-state index is 13.0. The Morgan fingerprint density at radius 2 is 1.73 bits per heavy atom. The van der Waals surface area contributed by atoms with Gasteiger partial charge in [-0.25, -0.2) is 8.42 Å². The molecule has 1 heterocycles. The van der Waals surface area contributed by atoms with Gasteiger partial charge in [-0.2, -0.15) is 4.31 Å². The fraction of sp³-hybridized carbons (Fsp3) is 0.625. The second kappa shape index (κ2) is 6.56. The van der Waals surface area contributed by atoms with E-state index in [1.807, 2.05) is 34.6 Å². The third-order valence-corrected chi connectivity index (χ3v) is 5.72. The standard InChI is InChI=1S/C16H25NO4S/c1-6-20-15-7-11(2)12(3)8-16(15)22(18,19)17-9-13(4)21-14(5)10-17/h7-8,13-14H,6,9-10H2,1-5H3/t13-,14-/m0/s1. The molecule has 0 spiro atoms. The molecule has 1 aliphatic heterocycles. The highest BCUT2D eigenvalue weighted by molar-refractivity contribution is 7.89. The van der Waals surface area contributed by atoms with Crippen LogP contribution in [0.3, 0.4) is 0 Å². The number of benzene rings is 1. The Labute approximate surface area is 133 Å². The number of hydrogen-bond acceptors (Lipinski definition) is 4. The topological polar surface area (TPSA) is 55.8 Å². The van der Waals surface area contributed by atoms with Gasteiger partial charge in [0.25, 0.3) is 0 Å². The molecule has 0 aliphatic carbocycles. The van der Waals surface area contributed by atoms with Crippen LogP contribution in [0.15, 0.2) is 17.0 Å². The van der Waals surface area contributed by atoms with Crippen LogP contribution in [0.5, 0.6) is 5.75 Å². The van der Waals surface area contributed by atoms with Gasteiger partial charge < -0.3 is 9.47 Å². The lowest BCUT2D eigenvalue weighted by atomic mass is 10.1. The normalized spacial score (nSPS) is 23.5. The van der Waals surface area contributed by atoms with E-state index in [1.54, 1.807) is 12.1 Å². The molecule has 1 fully saturated rings. The molecule has 1 aliphatic rings. The fourth-order valence-corrected chi connectivity index (χ4v) is 4.49.